The average Bonchev–Trinajstić information content (AvgIpc) is 3.34. The number of benzene rings is 1. The Bertz CT molecular complexity index is 980. The Labute approximate surface area is 173 Å². The molecule has 0 atom stereocenters. The summed E-state index contributed by atoms with van der Waals surface area (Å²) in [5, 5.41) is 10.6. The van der Waals surface area contributed by atoms with E-state index < -0.39 is 11.6 Å². The monoisotopic (exact) mass is 415 g/mol. The standard InChI is InChI=1S/C20H22ClN5O3/c1-13-11-16(26(24-13)15-6-4-5-14(21)12-15)22-17(27)7-10-25-18(28)20(23-19(25)29)8-2-3-9-20/h4-6,11-12H,2-3,7-10H2,1H3,(H,22,27)(H,23,29). The molecule has 29 heavy (non-hydrogen) atoms. The van der Waals surface area contributed by atoms with Crippen LogP contribution in [0.5, 0.6) is 0 Å². The van der Waals surface area contributed by atoms with Crippen LogP contribution in [-0.2, 0) is 9.59 Å². The van der Waals surface area contributed by atoms with Gasteiger partial charge in [-0.15, -0.1) is 0 Å². The molecule has 2 fully saturated rings. The first-order valence-electron chi connectivity index (χ1n) is 9.64. The number of hydrogen-bond acceptors (Lipinski definition) is 4. The number of rotatable bonds is 5. The molecule has 1 aromatic carbocycles. The Balaban J connectivity index is 1.42. The highest BCUT2D eigenvalue weighted by Gasteiger charge is 2.52. The van der Waals surface area contributed by atoms with Crippen LogP contribution in [0.3, 0.4) is 0 Å². The van der Waals surface area contributed by atoms with E-state index in [4.69, 9.17) is 11.6 Å². The zero-order valence-electron chi connectivity index (χ0n) is 16.1. The van der Waals surface area contributed by atoms with Gasteiger partial charge in [-0.25, -0.2) is 9.48 Å². The van der Waals surface area contributed by atoms with Gasteiger partial charge in [0.25, 0.3) is 5.91 Å². The Morgan fingerprint density at radius 3 is 2.76 bits per heavy atom. The van der Waals surface area contributed by atoms with E-state index >= 15 is 0 Å². The van der Waals surface area contributed by atoms with Crippen molar-refractivity contribution in [2.24, 2.45) is 0 Å². The van der Waals surface area contributed by atoms with Gasteiger partial charge in [0, 0.05) is 24.1 Å². The molecule has 8 nitrogen and oxygen atoms in total. The van der Waals surface area contributed by atoms with E-state index in [-0.39, 0.29) is 24.8 Å². The van der Waals surface area contributed by atoms with Crippen LogP contribution in [0.25, 0.3) is 5.69 Å². The lowest BCUT2D eigenvalue weighted by atomic mass is 9.98. The highest BCUT2D eigenvalue weighted by atomic mass is 35.5. The lowest BCUT2D eigenvalue weighted by molar-refractivity contribution is -0.131. The van der Waals surface area contributed by atoms with Crippen molar-refractivity contribution in [3.05, 3.63) is 41.0 Å². The number of imide groups is 1. The zero-order valence-corrected chi connectivity index (χ0v) is 16.8. The Morgan fingerprint density at radius 2 is 2.03 bits per heavy atom. The highest BCUT2D eigenvalue weighted by molar-refractivity contribution is 6.30. The second kappa shape index (κ2) is 7.51. The summed E-state index contributed by atoms with van der Waals surface area (Å²) in [6, 6.07) is 8.48. The van der Waals surface area contributed by atoms with Gasteiger partial charge in [-0.2, -0.15) is 5.10 Å². The van der Waals surface area contributed by atoms with E-state index in [2.05, 4.69) is 15.7 Å². The van der Waals surface area contributed by atoms with Gasteiger partial charge in [0.05, 0.1) is 11.4 Å². The van der Waals surface area contributed by atoms with Crippen molar-refractivity contribution in [3.8, 4) is 5.69 Å². The Morgan fingerprint density at radius 1 is 1.28 bits per heavy atom. The molecule has 0 unspecified atom stereocenters. The zero-order chi connectivity index (χ0) is 20.6. The van der Waals surface area contributed by atoms with Crippen molar-refractivity contribution in [1.29, 1.82) is 0 Å². The molecular formula is C20H22ClN5O3. The number of amides is 4. The summed E-state index contributed by atoms with van der Waals surface area (Å²) in [5.41, 5.74) is 0.700. The molecule has 1 spiro atoms. The molecule has 152 valence electrons. The molecule has 0 bridgehead atoms. The van der Waals surface area contributed by atoms with Crippen LogP contribution in [0.15, 0.2) is 30.3 Å². The number of nitrogens with zero attached hydrogens (tertiary/aromatic N) is 3. The third-order valence-corrected chi connectivity index (χ3v) is 5.65. The number of carbonyl (C=O) groups is 3. The van der Waals surface area contributed by atoms with Crippen molar-refractivity contribution in [1.82, 2.24) is 20.0 Å². The van der Waals surface area contributed by atoms with E-state index in [0.717, 1.165) is 29.1 Å². The molecule has 4 amide bonds. The van der Waals surface area contributed by atoms with Crippen LogP contribution in [-0.4, -0.2) is 44.6 Å². The van der Waals surface area contributed by atoms with Gasteiger partial charge >= 0.3 is 6.03 Å². The van der Waals surface area contributed by atoms with Crippen molar-refractivity contribution in [2.45, 2.75) is 44.6 Å². The molecule has 1 aliphatic heterocycles. The van der Waals surface area contributed by atoms with E-state index in [9.17, 15) is 14.4 Å². The van der Waals surface area contributed by atoms with Crippen LogP contribution in [0.2, 0.25) is 5.02 Å². The van der Waals surface area contributed by atoms with Gasteiger partial charge in [-0.05, 0) is 38.0 Å². The number of aryl methyl sites for hydroxylation is 1. The predicted molar refractivity (Wildman–Crippen MR) is 108 cm³/mol. The average molecular weight is 416 g/mol. The fourth-order valence-electron chi connectivity index (χ4n) is 4.01. The third-order valence-electron chi connectivity index (χ3n) is 5.42. The van der Waals surface area contributed by atoms with E-state index in [0.29, 0.717) is 23.7 Å². The Kier molecular flexibility index (Phi) is 5.04. The van der Waals surface area contributed by atoms with E-state index in [1.54, 1.807) is 28.9 Å². The van der Waals surface area contributed by atoms with E-state index in [1.165, 1.54) is 0 Å². The van der Waals surface area contributed by atoms with Crippen LogP contribution >= 0.6 is 11.6 Å². The van der Waals surface area contributed by atoms with Gasteiger partial charge in [-0.3, -0.25) is 14.5 Å². The highest BCUT2D eigenvalue weighted by Crippen LogP contribution is 2.35. The summed E-state index contributed by atoms with van der Waals surface area (Å²) in [6.45, 7) is 1.87. The van der Waals surface area contributed by atoms with Crippen molar-refractivity contribution in [2.75, 3.05) is 11.9 Å². The first-order chi connectivity index (χ1) is 13.9. The number of nitrogens with one attached hydrogen (secondary N) is 2. The van der Waals surface area contributed by atoms with Crippen LogP contribution in [0, 0.1) is 6.92 Å². The maximum absolute atomic E-state index is 12.7. The second-order valence-electron chi connectivity index (χ2n) is 7.54. The van der Waals surface area contributed by atoms with E-state index in [1.807, 2.05) is 13.0 Å². The molecule has 1 saturated heterocycles. The van der Waals surface area contributed by atoms with Gasteiger partial charge in [0.15, 0.2) is 0 Å². The minimum atomic E-state index is -0.754. The summed E-state index contributed by atoms with van der Waals surface area (Å²) < 4.78 is 1.60. The first kappa shape index (κ1) is 19.4. The summed E-state index contributed by atoms with van der Waals surface area (Å²) in [4.78, 5) is 38.6. The Hall–Kier alpha value is -2.87. The molecule has 2 aliphatic rings. The quantitative estimate of drug-likeness (QED) is 0.733. The number of hydrogen-bond donors (Lipinski definition) is 2. The van der Waals surface area contributed by atoms with Crippen LogP contribution in [0.4, 0.5) is 10.6 Å². The minimum absolute atomic E-state index is 0.00894. The maximum atomic E-state index is 12.7. The predicted octanol–water partition coefficient (Wildman–Crippen LogP) is 3.03. The molecule has 2 heterocycles. The number of urea groups is 1. The molecule has 1 saturated carbocycles. The lowest BCUT2D eigenvalue weighted by Crippen LogP contribution is -2.44. The van der Waals surface area contributed by atoms with Gasteiger partial charge in [-0.1, -0.05) is 30.5 Å². The summed E-state index contributed by atoms with van der Waals surface area (Å²) in [7, 11) is 0. The minimum Gasteiger partial charge on any atom is -0.323 e. The molecular weight excluding hydrogens is 394 g/mol. The fraction of sp³-hybridized carbons (Fsp3) is 0.400. The molecule has 2 aromatic rings. The summed E-state index contributed by atoms with van der Waals surface area (Å²) >= 11 is 6.06. The number of carbonyl (C=O) groups excluding carboxylic acids is 3. The van der Waals surface area contributed by atoms with Crippen molar-refractivity contribution in [3.63, 3.8) is 0 Å². The van der Waals surface area contributed by atoms with Crippen LogP contribution in [0.1, 0.15) is 37.8 Å². The molecule has 2 N–H and O–H groups in total. The molecule has 9 heteroatoms. The number of anilines is 1. The maximum Gasteiger partial charge on any atom is 0.325 e. The number of halogens is 1. The van der Waals surface area contributed by atoms with Crippen molar-refractivity contribution >= 4 is 35.3 Å². The lowest BCUT2D eigenvalue weighted by Gasteiger charge is -2.19. The number of aromatic nitrogens is 2. The topological polar surface area (TPSA) is 96.3 Å². The second-order valence-corrected chi connectivity index (χ2v) is 7.97. The summed E-state index contributed by atoms with van der Waals surface area (Å²) in [5.74, 6) is -0.0204. The van der Waals surface area contributed by atoms with Crippen molar-refractivity contribution < 1.29 is 14.4 Å². The SMILES string of the molecule is Cc1cc(NC(=O)CCN2C(=O)NC3(CCCC3)C2=O)n(-c2cccc(Cl)c2)n1. The van der Waals surface area contributed by atoms with Gasteiger partial charge in [0.1, 0.15) is 11.4 Å². The molecule has 0 radical (unpaired) electrons. The first-order valence-corrected chi connectivity index (χ1v) is 10.0. The third kappa shape index (κ3) is 3.72. The van der Waals surface area contributed by atoms with Gasteiger partial charge in [0.2, 0.25) is 5.91 Å². The normalized spacial score (nSPS) is 17.8. The molecule has 4 rings (SSSR count). The molecule has 1 aromatic heterocycles. The fourth-order valence-corrected chi connectivity index (χ4v) is 4.19. The smallest absolute Gasteiger partial charge is 0.323 e. The summed E-state index contributed by atoms with van der Waals surface area (Å²) in [6.07, 6.45) is 3.19. The van der Waals surface area contributed by atoms with Gasteiger partial charge < -0.3 is 10.6 Å². The van der Waals surface area contributed by atoms with Crippen LogP contribution < -0.4 is 10.6 Å². The molecule has 1 aliphatic carbocycles. The largest absolute Gasteiger partial charge is 0.325 e.